The summed E-state index contributed by atoms with van der Waals surface area (Å²) in [6, 6.07) is 29.7. The fourth-order valence-electron chi connectivity index (χ4n) is 4.03. The molecule has 0 aliphatic carbocycles. The number of carbonyl (C=O) groups is 1. The van der Waals surface area contributed by atoms with Gasteiger partial charge in [0.15, 0.2) is 12.4 Å². The summed E-state index contributed by atoms with van der Waals surface area (Å²) < 4.78 is 11.9. The van der Waals surface area contributed by atoms with Crippen molar-refractivity contribution in [2.75, 3.05) is 6.61 Å². The van der Waals surface area contributed by atoms with Crippen LogP contribution in [0.4, 0.5) is 0 Å². The minimum Gasteiger partial charge on any atom is -0.482 e. The Kier molecular flexibility index (Phi) is 6.73. The molecule has 0 bridgehead atoms. The van der Waals surface area contributed by atoms with Crippen LogP contribution in [-0.2, 0) is 11.2 Å². The summed E-state index contributed by atoms with van der Waals surface area (Å²) in [4.78, 5) is 15.9. The summed E-state index contributed by atoms with van der Waals surface area (Å²) in [6.45, 7) is -0.377. The molecular formula is C29H23NO4S. The number of benzene rings is 3. The Bertz CT molecular complexity index is 1340. The quantitative estimate of drug-likeness (QED) is 0.248. The standard InChI is InChI=1S/C29H23NO4S/c31-26(32)18-33-24-13-7-8-20(16-24)17-25(23-14-15-35-19-23)29-30-27(21-9-3-1-4-10-21)28(34-29)22-11-5-2-6-12-22/h1-16,19,25H,17-18H2,(H,31,32). The number of hydrogen-bond donors (Lipinski definition) is 1. The van der Waals surface area contributed by atoms with E-state index >= 15 is 0 Å². The number of nitrogens with zero attached hydrogens (tertiary/aromatic N) is 1. The van der Waals surface area contributed by atoms with Crippen molar-refractivity contribution < 1.29 is 19.1 Å². The smallest absolute Gasteiger partial charge is 0.341 e. The monoisotopic (exact) mass is 481 g/mol. The third-order valence-electron chi connectivity index (χ3n) is 5.67. The number of thiophene rings is 1. The van der Waals surface area contributed by atoms with Gasteiger partial charge in [0.25, 0.3) is 0 Å². The van der Waals surface area contributed by atoms with E-state index in [-0.39, 0.29) is 12.5 Å². The van der Waals surface area contributed by atoms with Gasteiger partial charge in [-0.15, -0.1) is 0 Å². The topological polar surface area (TPSA) is 72.6 Å². The maximum absolute atomic E-state index is 10.9. The molecule has 5 aromatic rings. The Labute approximate surface area is 207 Å². The number of ether oxygens (including phenoxy) is 1. The second kappa shape index (κ2) is 10.4. The van der Waals surface area contributed by atoms with Crippen molar-refractivity contribution in [3.05, 3.63) is 119 Å². The zero-order valence-corrected chi connectivity index (χ0v) is 19.7. The largest absolute Gasteiger partial charge is 0.482 e. The van der Waals surface area contributed by atoms with E-state index in [1.54, 1.807) is 17.4 Å². The van der Waals surface area contributed by atoms with Crippen LogP contribution in [0.3, 0.4) is 0 Å². The number of carboxylic acids is 1. The van der Waals surface area contributed by atoms with Crippen LogP contribution in [0.2, 0.25) is 0 Å². The van der Waals surface area contributed by atoms with E-state index in [4.69, 9.17) is 19.2 Å². The van der Waals surface area contributed by atoms with E-state index < -0.39 is 5.97 Å². The summed E-state index contributed by atoms with van der Waals surface area (Å²) in [7, 11) is 0. The van der Waals surface area contributed by atoms with Crippen LogP contribution in [0.25, 0.3) is 22.6 Å². The van der Waals surface area contributed by atoms with Gasteiger partial charge >= 0.3 is 5.97 Å². The lowest BCUT2D eigenvalue weighted by Gasteiger charge is -2.13. The van der Waals surface area contributed by atoms with Gasteiger partial charge < -0.3 is 14.3 Å². The van der Waals surface area contributed by atoms with E-state index in [2.05, 4.69) is 11.4 Å². The van der Waals surface area contributed by atoms with Gasteiger partial charge in [-0.2, -0.15) is 11.3 Å². The molecule has 0 saturated carbocycles. The summed E-state index contributed by atoms with van der Waals surface area (Å²) >= 11 is 1.63. The fraction of sp³-hybridized carbons (Fsp3) is 0.103. The molecule has 1 N–H and O–H groups in total. The average Bonchev–Trinajstić information content (AvgIpc) is 3.58. The Hall–Kier alpha value is -4.16. The van der Waals surface area contributed by atoms with Gasteiger partial charge in [0.2, 0.25) is 5.89 Å². The number of oxazole rings is 1. The Morgan fingerprint density at radius 3 is 2.37 bits per heavy atom. The van der Waals surface area contributed by atoms with Crippen molar-refractivity contribution in [3.8, 4) is 28.3 Å². The van der Waals surface area contributed by atoms with Gasteiger partial charge in [0.1, 0.15) is 11.4 Å². The van der Waals surface area contributed by atoms with Crippen molar-refractivity contribution in [2.45, 2.75) is 12.3 Å². The molecule has 0 radical (unpaired) electrons. The van der Waals surface area contributed by atoms with Gasteiger partial charge in [0.05, 0.1) is 5.92 Å². The van der Waals surface area contributed by atoms with E-state index in [9.17, 15) is 4.79 Å². The van der Waals surface area contributed by atoms with E-state index in [0.717, 1.165) is 33.7 Å². The first kappa shape index (κ1) is 22.6. The molecule has 35 heavy (non-hydrogen) atoms. The van der Waals surface area contributed by atoms with Gasteiger partial charge in [-0.05, 0) is 46.5 Å². The Morgan fingerprint density at radius 1 is 0.943 bits per heavy atom. The lowest BCUT2D eigenvalue weighted by Crippen LogP contribution is -2.10. The van der Waals surface area contributed by atoms with Crippen LogP contribution in [0.5, 0.6) is 5.75 Å². The first-order valence-electron chi connectivity index (χ1n) is 11.2. The summed E-state index contributed by atoms with van der Waals surface area (Å²) in [5.74, 6) is 0.781. The Balaban J connectivity index is 1.55. The number of hydrogen-bond acceptors (Lipinski definition) is 5. The molecule has 174 valence electrons. The first-order valence-corrected chi connectivity index (χ1v) is 12.2. The lowest BCUT2D eigenvalue weighted by molar-refractivity contribution is -0.139. The van der Waals surface area contributed by atoms with Crippen LogP contribution < -0.4 is 4.74 Å². The fourth-order valence-corrected chi connectivity index (χ4v) is 4.74. The summed E-state index contributed by atoms with van der Waals surface area (Å²) in [6.07, 6.45) is 0.629. The molecule has 5 nitrogen and oxygen atoms in total. The predicted molar refractivity (Wildman–Crippen MR) is 137 cm³/mol. The van der Waals surface area contributed by atoms with Crippen molar-refractivity contribution in [3.63, 3.8) is 0 Å². The number of aliphatic carboxylic acids is 1. The van der Waals surface area contributed by atoms with E-state index in [0.29, 0.717) is 18.1 Å². The molecule has 5 rings (SSSR count). The highest BCUT2D eigenvalue weighted by atomic mass is 32.1. The summed E-state index contributed by atoms with van der Waals surface area (Å²) in [5, 5.41) is 13.1. The van der Waals surface area contributed by atoms with Crippen LogP contribution >= 0.6 is 11.3 Å². The molecule has 3 aromatic carbocycles. The Morgan fingerprint density at radius 2 is 1.69 bits per heavy atom. The second-order valence-corrected chi connectivity index (χ2v) is 8.89. The maximum atomic E-state index is 10.9. The van der Waals surface area contributed by atoms with Gasteiger partial charge in [-0.25, -0.2) is 9.78 Å². The van der Waals surface area contributed by atoms with Gasteiger partial charge in [0, 0.05) is 11.1 Å². The van der Waals surface area contributed by atoms with Crippen molar-refractivity contribution in [1.82, 2.24) is 4.98 Å². The number of carboxylic acid groups (broad SMARTS) is 1. The first-order chi connectivity index (χ1) is 17.2. The zero-order valence-electron chi connectivity index (χ0n) is 18.8. The van der Waals surface area contributed by atoms with Crippen molar-refractivity contribution in [2.24, 2.45) is 0 Å². The molecule has 2 heterocycles. The SMILES string of the molecule is O=C(O)COc1cccc(CC(c2ccsc2)c2nc(-c3ccccc3)c(-c3ccccc3)o2)c1. The van der Waals surface area contributed by atoms with E-state index in [1.165, 1.54) is 0 Å². The van der Waals surface area contributed by atoms with Crippen LogP contribution in [-0.4, -0.2) is 22.7 Å². The summed E-state index contributed by atoms with van der Waals surface area (Å²) in [5.41, 5.74) is 4.90. The maximum Gasteiger partial charge on any atom is 0.341 e. The molecule has 0 fully saturated rings. The van der Waals surface area contributed by atoms with Crippen LogP contribution in [0.1, 0.15) is 22.9 Å². The normalized spacial score (nSPS) is 11.8. The molecule has 2 aromatic heterocycles. The van der Waals surface area contributed by atoms with Crippen LogP contribution in [0.15, 0.2) is 106 Å². The molecule has 0 saturated heterocycles. The highest BCUT2D eigenvalue weighted by Gasteiger charge is 2.25. The van der Waals surface area contributed by atoms with Gasteiger partial charge in [-0.3, -0.25) is 0 Å². The van der Waals surface area contributed by atoms with Crippen molar-refractivity contribution in [1.29, 1.82) is 0 Å². The molecular weight excluding hydrogens is 458 g/mol. The number of rotatable bonds is 9. The molecule has 0 spiro atoms. The van der Waals surface area contributed by atoms with Gasteiger partial charge in [-0.1, -0.05) is 72.8 Å². The number of aromatic nitrogens is 1. The molecule has 0 aliphatic rings. The minimum absolute atomic E-state index is 0.115. The zero-order chi connectivity index (χ0) is 24.0. The highest BCUT2D eigenvalue weighted by molar-refractivity contribution is 7.08. The second-order valence-electron chi connectivity index (χ2n) is 8.11. The average molecular weight is 482 g/mol. The molecule has 1 unspecified atom stereocenters. The van der Waals surface area contributed by atoms with Crippen LogP contribution in [0, 0.1) is 0 Å². The molecule has 0 aliphatic heterocycles. The predicted octanol–water partition coefficient (Wildman–Crippen LogP) is 6.91. The minimum atomic E-state index is -1.01. The molecule has 1 atom stereocenters. The van der Waals surface area contributed by atoms with Crippen molar-refractivity contribution >= 4 is 17.3 Å². The molecule has 6 heteroatoms. The lowest BCUT2D eigenvalue weighted by atomic mass is 9.93. The third kappa shape index (κ3) is 5.34. The third-order valence-corrected chi connectivity index (χ3v) is 6.37. The highest BCUT2D eigenvalue weighted by Crippen LogP contribution is 2.38. The van der Waals surface area contributed by atoms with E-state index in [1.807, 2.05) is 84.2 Å². The molecule has 0 amide bonds.